The van der Waals surface area contributed by atoms with Crippen LogP contribution in [0.4, 0.5) is 0 Å². The second-order valence-corrected chi connectivity index (χ2v) is 5.91. The minimum absolute atomic E-state index is 0.141. The first kappa shape index (κ1) is 15.3. The summed E-state index contributed by atoms with van der Waals surface area (Å²) in [6.07, 6.45) is 1.69. The number of rotatable bonds is 2. The van der Waals surface area contributed by atoms with Gasteiger partial charge in [0.2, 0.25) is 0 Å². The third kappa shape index (κ3) is 2.41. The number of aryl methyl sites for hydroxylation is 1. The molecule has 1 aromatic carbocycles. The number of pyridine rings is 1. The molecule has 0 bridgehead atoms. The van der Waals surface area contributed by atoms with Gasteiger partial charge in [-0.2, -0.15) is 5.26 Å². The molecule has 0 saturated heterocycles. The van der Waals surface area contributed by atoms with E-state index < -0.39 is 0 Å². The number of halogens is 1. The zero-order valence-corrected chi connectivity index (χ0v) is 14.2. The van der Waals surface area contributed by atoms with E-state index in [-0.39, 0.29) is 5.43 Å². The van der Waals surface area contributed by atoms with Gasteiger partial charge in [0.05, 0.1) is 11.6 Å². The molecule has 3 rings (SSSR count). The highest BCUT2D eigenvalue weighted by molar-refractivity contribution is 9.10. The lowest BCUT2D eigenvalue weighted by atomic mass is 9.92. The van der Waals surface area contributed by atoms with E-state index in [0.717, 1.165) is 11.1 Å². The zero-order chi connectivity index (χ0) is 16.6. The molecule has 1 aliphatic carbocycles. The van der Waals surface area contributed by atoms with E-state index in [9.17, 15) is 10.1 Å². The molecule has 0 atom stereocenters. The van der Waals surface area contributed by atoms with Crippen molar-refractivity contribution in [2.45, 2.75) is 0 Å². The molecule has 1 aliphatic heterocycles. The summed E-state index contributed by atoms with van der Waals surface area (Å²) in [5.41, 5.74) is 3.16. The number of methoxy groups -OCH3 is 1. The highest BCUT2D eigenvalue weighted by Gasteiger charge is 2.24. The second-order valence-electron chi connectivity index (χ2n) is 5.12. The third-order valence-electron chi connectivity index (χ3n) is 3.78. The molecule has 2 aliphatic rings. The van der Waals surface area contributed by atoms with Crippen LogP contribution in [0.1, 0.15) is 5.69 Å². The van der Waals surface area contributed by atoms with Gasteiger partial charge in [-0.3, -0.25) is 4.79 Å². The van der Waals surface area contributed by atoms with Crippen molar-refractivity contribution in [1.29, 1.82) is 5.26 Å². The highest BCUT2D eigenvalue weighted by Crippen LogP contribution is 2.42. The molecular formula is C18H13BrN2O2. The summed E-state index contributed by atoms with van der Waals surface area (Å²) >= 11 is 3.53. The van der Waals surface area contributed by atoms with Crippen molar-refractivity contribution in [2.24, 2.45) is 7.05 Å². The molecule has 0 amide bonds. The first-order valence-corrected chi connectivity index (χ1v) is 7.73. The van der Waals surface area contributed by atoms with Crippen LogP contribution in [0.5, 0.6) is 5.75 Å². The molecule has 0 radical (unpaired) electrons. The van der Waals surface area contributed by atoms with Gasteiger partial charge >= 0.3 is 0 Å². The molecule has 0 spiro atoms. The molecule has 0 N–H and O–H groups in total. The number of fused-ring (bicyclic) bond motifs is 1. The topological polar surface area (TPSA) is 55.0 Å². The number of hydrogen-bond donors (Lipinski definition) is 0. The van der Waals surface area contributed by atoms with E-state index in [1.165, 1.54) is 13.2 Å². The predicted molar refractivity (Wildman–Crippen MR) is 92.7 cm³/mol. The van der Waals surface area contributed by atoms with E-state index in [1.54, 1.807) is 17.8 Å². The summed E-state index contributed by atoms with van der Waals surface area (Å²) in [7, 11) is 3.28. The number of hydrogen-bond acceptors (Lipinski definition) is 3. The normalized spacial score (nSPS) is 10.5. The molecular weight excluding hydrogens is 356 g/mol. The summed E-state index contributed by atoms with van der Waals surface area (Å²) in [6, 6.07) is 13.3. The summed E-state index contributed by atoms with van der Waals surface area (Å²) in [6.45, 7) is 0. The monoisotopic (exact) mass is 368 g/mol. The molecule has 0 fully saturated rings. The standard InChI is InChI=1S/C18H13BrN2O2/c1-21-10-12-14(22)8-15(23-2)18(19)17(12)16(13(21)9-20)11-6-4-3-5-7-11/h3-8,10H,1-2H3. The molecule has 114 valence electrons. The van der Waals surface area contributed by atoms with E-state index in [4.69, 9.17) is 4.74 Å². The van der Waals surface area contributed by atoms with Crippen LogP contribution in [0.2, 0.25) is 0 Å². The van der Waals surface area contributed by atoms with Crippen molar-refractivity contribution in [3.05, 3.63) is 63.0 Å². The minimum Gasteiger partial charge on any atom is -0.495 e. The zero-order valence-electron chi connectivity index (χ0n) is 12.6. The van der Waals surface area contributed by atoms with Crippen LogP contribution in [-0.2, 0) is 7.05 Å². The van der Waals surface area contributed by atoms with Crippen molar-refractivity contribution in [2.75, 3.05) is 7.11 Å². The lowest BCUT2D eigenvalue weighted by molar-refractivity contribution is 0.412. The quantitative estimate of drug-likeness (QED) is 0.691. The molecule has 5 heteroatoms. The molecule has 23 heavy (non-hydrogen) atoms. The van der Waals surface area contributed by atoms with Crippen LogP contribution in [0.3, 0.4) is 0 Å². The van der Waals surface area contributed by atoms with Gasteiger partial charge in [-0.25, -0.2) is 0 Å². The Labute approximate surface area is 142 Å². The van der Waals surface area contributed by atoms with Gasteiger partial charge in [0.1, 0.15) is 17.5 Å². The third-order valence-corrected chi connectivity index (χ3v) is 4.57. The van der Waals surface area contributed by atoms with Crippen LogP contribution in [0.15, 0.2) is 51.9 Å². The molecule has 1 heterocycles. The lowest BCUT2D eigenvalue weighted by Crippen LogP contribution is -2.13. The Kier molecular flexibility index (Phi) is 3.93. The fourth-order valence-corrected chi connectivity index (χ4v) is 3.41. The summed E-state index contributed by atoms with van der Waals surface area (Å²) in [5.74, 6) is 0.456. The van der Waals surface area contributed by atoms with Crippen molar-refractivity contribution >= 4 is 15.9 Å². The maximum atomic E-state index is 12.4. The van der Waals surface area contributed by atoms with E-state index in [0.29, 0.717) is 27.0 Å². The smallest absolute Gasteiger partial charge is 0.191 e. The number of nitriles is 1. The van der Waals surface area contributed by atoms with Gasteiger partial charge in [-0.1, -0.05) is 30.3 Å². The van der Waals surface area contributed by atoms with Crippen LogP contribution in [0.25, 0.3) is 22.3 Å². The maximum absolute atomic E-state index is 12.4. The number of aromatic nitrogens is 1. The van der Waals surface area contributed by atoms with Gasteiger partial charge in [0.25, 0.3) is 0 Å². The second kappa shape index (κ2) is 5.90. The van der Waals surface area contributed by atoms with Gasteiger partial charge in [0, 0.05) is 36.0 Å². The maximum Gasteiger partial charge on any atom is 0.191 e. The van der Waals surface area contributed by atoms with Crippen LogP contribution < -0.4 is 10.2 Å². The van der Waals surface area contributed by atoms with Crippen LogP contribution in [-0.4, -0.2) is 11.7 Å². The molecule has 0 saturated carbocycles. The summed E-state index contributed by atoms with van der Waals surface area (Å²) < 4.78 is 7.65. The molecule has 4 nitrogen and oxygen atoms in total. The Bertz CT molecular complexity index is 956. The Balaban J connectivity index is 2.57. The van der Waals surface area contributed by atoms with Crippen molar-refractivity contribution in [3.63, 3.8) is 0 Å². The lowest BCUT2D eigenvalue weighted by Gasteiger charge is -2.19. The van der Waals surface area contributed by atoms with E-state index >= 15 is 0 Å². The summed E-state index contributed by atoms with van der Waals surface area (Å²) in [4.78, 5) is 12.4. The largest absolute Gasteiger partial charge is 0.495 e. The fraction of sp³-hybridized carbons (Fsp3) is 0.111. The number of nitrogens with zero attached hydrogens (tertiary/aromatic N) is 2. The van der Waals surface area contributed by atoms with Crippen molar-refractivity contribution < 1.29 is 4.74 Å². The van der Waals surface area contributed by atoms with E-state index in [1.807, 2.05) is 30.3 Å². The summed E-state index contributed by atoms with van der Waals surface area (Å²) in [5, 5.41) is 9.61. The Morgan fingerprint density at radius 2 is 1.91 bits per heavy atom. The average molecular weight is 369 g/mol. The van der Waals surface area contributed by atoms with Gasteiger partial charge in [0.15, 0.2) is 5.43 Å². The average Bonchev–Trinajstić information content (AvgIpc) is 2.57. The van der Waals surface area contributed by atoms with Crippen molar-refractivity contribution in [1.82, 2.24) is 4.57 Å². The van der Waals surface area contributed by atoms with Gasteiger partial charge in [-0.15, -0.1) is 0 Å². The highest BCUT2D eigenvalue weighted by atomic mass is 79.9. The minimum atomic E-state index is -0.141. The van der Waals surface area contributed by atoms with Gasteiger partial charge in [-0.05, 0) is 21.5 Å². The van der Waals surface area contributed by atoms with Crippen LogP contribution in [0, 0.1) is 11.3 Å². The fourth-order valence-electron chi connectivity index (χ4n) is 2.72. The van der Waals surface area contributed by atoms with Crippen molar-refractivity contribution in [3.8, 4) is 34.1 Å². The molecule has 0 unspecified atom stereocenters. The number of benzene rings is 2. The molecule has 1 aromatic rings. The Morgan fingerprint density at radius 3 is 2.52 bits per heavy atom. The first-order valence-electron chi connectivity index (χ1n) is 6.93. The van der Waals surface area contributed by atoms with Crippen LogP contribution >= 0.6 is 15.9 Å². The number of ether oxygens (including phenoxy) is 1. The first-order chi connectivity index (χ1) is 11.1. The van der Waals surface area contributed by atoms with Gasteiger partial charge < -0.3 is 9.30 Å². The SMILES string of the molecule is COc1cc(=O)c2cn(C)c(C#N)c(-c3ccccc3)c-2c1Br. The Hall–Kier alpha value is -2.58. The Morgan fingerprint density at radius 1 is 1.22 bits per heavy atom. The van der Waals surface area contributed by atoms with E-state index in [2.05, 4.69) is 22.0 Å². The predicted octanol–water partition coefficient (Wildman–Crippen LogP) is 3.80. The molecule has 0 aromatic heterocycles.